The first-order valence-electron chi connectivity index (χ1n) is 9.62. The van der Waals surface area contributed by atoms with Gasteiger partial charge < -0.3 is 4.57 Å². The van der Waals surface area contributed by atoms with Crippen molar-refractivity contribution in [1.82, 2.24) is 4.57 Å². The molecule has 146 valence electrons. The molecule has 0 N–H and O–H groups in total. The number of rotatable bonds is 4. The Balaban J connectivity index is 1.89. The van der Waals surface area contributed by atoms with Gasteiger partial charge in [0.25, 0.3) is 0 Å². The Bertz CT molecular complexity index is 1180. The number of hydrogen-bond donors (Lipinski definition) is 0. The predicted molar refractivity (Wildman–Crippen MR) is 127 cm³/mol. The molecule has 0 aliphatic carbocycles. The van der Waals surface area contributed by atoms with E-state index in [9.17, 15) is 0 Å². The highest BCUT2D eigenvalue weighted by Gasteiger charge is 2.10. The highest BCUT2D eigenvalue weighted by molar-refractivity contribution is 9.10. The monoisotopic (exact) mass is 462 g/mol. The molecule has 0 atom stereocenters. The van der Waals surface area contributed by atoms with Gasteiger partial charge >= 0.3 is 0 Å². The van der Waals surface area contributed by atoms with Gasteiger partial charge in [0.05, 0.1) is 17.9 Å². The molecule has 0 fully saturated rings. The summed E-state index contributed by atoms with van der Waals surface area (Å²) in [5, 5.41) is 2.21. The van der Waals surface area contributed by atoms with E-state index in [0.717, 1.165) is 21.5 Å². The Kier molecular flexibility index (Phi) is 5.84. The van der Waals surface area contributed by atoms with Crippen LogP contribution >= 0.6 is 27.3 Å². The van der Waals surface area contributed by atoms with Crippen molar-refractivity contribution in [3.8, 4) is 11.3 Å². The molecule has 0 aliphatic rings. The van der Waals surface area contributed by atoms with Gasteiger partial charge in [-0.25, -0.2) is 4.99 Å². The molecule has 1 aromatic heterocycles. The quantitative estimate of drug-likeness (QED) is 0.305. The summed E-state index contributed by atoms with van der Waals surface area (Å²) in [5.41, 5.74) is 8.42. The maximum atomic E-state index is 5.11. The highest BCUT2D eigenvalue weighted by Crippen LogP contribution is 2.27. The lowest BCUT2D eigenvalue weighted by molar-refractivity contribution is 0.778. The number of thiazole rings is 1. The molecule has 0 saturated heterocycles. The van der Waals surface area contributed by atoms with Crippen molar-refractivity contribution < 1.29 is 0 Å². The summed E-state index contributed by atoms with van der Waals surface area (Å²) in [7, 11) is 0. The number of benzene rings is 3. The number of nitrogens with zero attached hydrogens (tertiary/aromatic N) is 2. The average Bonchev–Trinajstić information content (AvgIpc) is 3.08. The lowest BCUT2D eigenvalue weighted by atomic mass is 10.1. The van der Waals surface area contributed by atoms with E-state index in [1.54, 1.807) is 11.3 Å². The smallest absolute Gasteiger partial charge is 0.190 e. The van der Waals surface area contributed by atoms with Crippen LogP contribution in [0.2, 0.25) is 0 Å². The van der Waals surface area contributed by atoms with E-state index < -0.39 is 0 Å². The lowest BCUT2D eigenvalue weighted by Crippen LogP contribution is -2.17. The van der Waals surface area contributed by atoms with Gasteiger partial charge in [-0.3, -0.25) is 0 Å². The van der Waals surface area contributed by atoms with Crippen LogP contribution in [0.3, 0.4) is 0 Å². The van der Waals surface area contributed by atoms with Crippen LogP contribution in [0.5, 0.6) is 0 Å². The first kappa shape index (κ1) is 19.9. The van der Waals surface area contributed by atoms with Gasteiger partial charge in [-0.2, -0.15) is 0 Å². The summed E-state index contributed by atoms with van der Waals surface area (Å²) >= 11 is 5.23. The molecule has 0 bridgehead atoms. The molecule has 3 aromatic carbocycles. The molecule has 4 aromatic rings. The van der Waals surface area contributed by atoms with E-state index in [0.29, 0.717) is 0 Å². The van der Waals surface area contributed by atoms with Gasteiger partial charge in [-0.15, -0.1) is 11.3 Å². The van der Waals surface area contributed by atoms with Crippen LogP contribution in [-0.2, 0) is 6.54 Å². The Hall–Kier alpha value is -2.43. The third kappa shape index (κ3) is 4.44. The predicted octanol–water partition coefficient (Wildman–Crippen LogP) is 7.19. The summed E-state index contributed by atoms with van der Waals surface area (Å²) in [5.74, 6) is 0. The summed E-state index contributed by atoms with van der Waals surface area (Å²) in [6, 6.07) is 23.5. The van der Waals surface area contributed by atoms with Crippen LogP contribution in [0.15, 0.2) is 81.6 Å². The second-order valence-corrected chi connectivity index (χ2v) is 9.09. The van der Waals surface area contributed by atoms with Gasteiger partial charge in [0.1, 0.15) is 0 Å². The van der Waals surface area contributed by atoms with Crippen LogP contribution in [0, 0.1) is 20.8 Å². The summed E-state index contributed by atoms with van der Waals surface area (Å²) < 4.78 is 3.41. The molecule has 4 rings (SSSR count). The highest BCUT2D eigenvalue weighted by atomic mass is 79.9. The first-order chi connectivity index (χ1) is 14.0. The van der Waals surface area contributed by atoms with Crippen molar-refractivity contribution in [3.05, 3.63) is 104 Å². The number of halogens is 1. The fourth-order valence-electron chi connectivity index (χ4n) is 3.63. The van der Waals surface area contributed by atoms with Crippen LogP contribution in [0.4, 0.5) is 5.69 Å². The molecule has 2 nitrogen and oxygen atoms in total. The topological polar surface area (TPSA) is 17.3 Å². The van der Waals surface area contributed by atoms with Crippen molar-refractivity contribution in [2.45, 2.75) is 27.3 Å². The average molecular weight is 463 g/mol. The lowest BCUT2D eigenvalue weighted by Gasteiger charge is -2.11. The minimum absolute atomic E-state index is 0.790. The molecular formula is C25H23BrN2S. The molecule has 1 heterocycles. The van der Waals surface area contributed by atoms with Crippen molar-refractivity contribution in [1.29, 1.82) is 0 Å². The van der Waals surface area contributed by atoms with E-state index in [1.807, 2.05) is 0 Å². The fraction of sp³-hybridized carbons (Fsp3) is 0.160. The molecule has 0 spiro atoms. The van der Waals surface area contributed by atoms with E-state index >= 15 is 0 Å². The molecule has 0 radical (unpaired) electrons. The summed E-state index contributed by atoms with van der Waals surface area (Å²) in [4.78, 5) is 6.13. The van der Waals surface area contributed by atoms with Gasteiger partial charge in [-0.1, -0.05) is 76.1 Å². The second kappa shape index (κ2) is 8.52. The van der Waals surface area contributed by atoms with E-state index in [4.69, 9.17) is 4.99 Å². The zero-order valence-electron chi connectivity index (χ0n) is 16.8. The standard InChI is InChI=1S/C25H23BrN2S/c1-17-13-18(2)24(19(3)14-17)27-25-28(15-20-7-5-4-6-8-20)23(16-29-25)21-9-11-22(26)12-10-21/h4-14,16H,15H2,1-3H3. The third-order valence-electron chi connectivity index (χ3n) is 4.96. The van der Waals surface area contributed by atoms with Crippen molar-refractivity contribution in [2.75, 3.05) is 0 Å². The number of aryl methyl sites for hydroxylation is 3. The van der Waals surface area contributed by atoms with Crippen LogP contribution in [0.25, 0.3) is 11.3 Å². The van der Waals surface area contributed by atoms with Gasteiger partial charge in [0.15, 0.2) is 4.80 Å². The molecule has 4 heteroatoms. The number of aromatic nitrogens is 1. The minimum atomic E-state index is 0.790. The molecule has 29 heavy (non-hydrogen) atoms. The van der Waals surface area contributed by atoms with E-state index in [2.05, 4.69) is 113 Å². The van der Waals surface area contributed by atoms with Crippen LogP contribution in [0.1, 0.15) is 22.3 Å². The normalized spacial score (nSPS) is 11.8. The zero-order chi connectivity index (χ0) is 20.4. The SMILES string of the molecule is Cc1cc(C)c(N=c2scc(-c3ccc(Br)cc3)n2Cc2ccccc2)c(C)c1. The van der Waals surface area contributed by atoms with Crippen molar-refractivity contribution >= 4 is 33.0 Å². The van der Waals surface area contributed by atoms with Gasteiger partial charge in [0, 0.05) is 9.85 Å². The van der Waals surface area contributed by atoms with E-state index in [1.165, 1.54) is 33.5 Å². The molecule has 0 aliphatic heterocycles. The largest absolute Gasteiger partial charge is 0.312 e. The van der Waals surface area contributed by atoms with E-state index in [-0.39, 0.29) is 0 Å². The Morgan fingerprint density at radius 2 is 1.55 bits per heavy atom. The maximum absolute atomic E-state index is 5.11. The molecule has 0 unspecified atom stereocenters. The van der Waals surface area contributed by atoms with Crippen LogP contribution < -0.4 is 4.80 Å². The molecular weight excluding hydrogens is 440 g/mol. The third-order valence-corrected chi connectivity index (χ3v) is 6.36. The Labute approximate surface area is 184 Å². The molecule has 0 amide bonds. The van der Waals surface area contributed by atoms with Crippen LogP contribution in [-0.4, -0.2) is 4.57 Å². The molecule has 0 saturated carbocycles. The van der Waals surface area contributed by atoms with Crippen molar-refractivity contribution in [3.63, 3.8) is 0 Å². The second-order valence-electron chi connectivity index (χ2n) is 7.34. The minimum Gasteiger partial charge on any atom is -0.312 e. The van der Waals surface area contributed by atoms with Gasteiger partial charge in [-0.05, 0) is 55.2 Å². The fourth-order valence-corrected chi connectivity index (χ4v) is 4.81. The Morgan fingerprint density at radius 3 is 2.21 bits per heavy atom. The summed E-state index contributed by atoms with van der Waals surface area (Å²) in [6.07, 6.45) is 0. The first-order valence-corrected chi connectivity index (χ1v) is 11.3. The number of hydrogen-bond acceptors (Lipinski definition) is 2. The van der Waals surface area contributed by atoms with Crippen molar-refractivity contribution in [2.24, 2.45) is 4.99 Å². The zero-order valence-corrected chi connectivity index (χ0v) is 19.2. The summed E-state index contributed by atoms with van der Waals surface area (Å²) in [6.45, 7) is 7.21. The van der Waals surface area contributed by atoms with Gasteiger partial charge in [0.2, 0.25) is 0 Å². The Morgan fingerprint density at radius 1 is 0.897 bits per heavy atom. The maximum Gasteiger partial charge on any atom is 0.190 e.